The first-order valence-electron chi connectivity index (χ1n) is 6.49. The van der Waals surface area contributed by atoms with Crippen LogP contribution in [0.2, 0.25) is 0 Å². The minimum atomic E-state index is 0.172. The van der Waals surface area contributed by atoms with Crippen LogP contribution in [0.4, 0.5) is 0 Å². The molecule has 2 aliphatic heterocycles. The third kappa shape index (κ3) is 2.26. The molecule has 0 bridgehead atoms. The van der Waals surface area contributed by atoms with Crippen LogP contribution in [0.15, 0.2) is 4.99 Å². The molecule has 0 amide bonds. The number of aliphatic imine (C=N–C) groups is 1. The lowest BCUT2D eigenvalue weighted by atomic mass is 9.78. The summed E-state index contributed by atoms with van der Waals surface area (Å²) in [6.45, 7) is 7.33. The van der Waals surface area contributed by atoms with E-state index < -0.39 is 0 Å². The summed E-state index contributed by atoms with van der Waals surface area (Å²) in [6.07, 6.45) is 1.14. The standard InChI is InChI=1S/C12H25N5/c1-10-8-14-5-4-12(10)9-15-11(13)17(12)7-6-16(2)3/h10,14H,4-9H2,1-3H3,(H2,13,15). The maximum atomic E-state index is 6.07. The highest BCUT2D eigenvalue weighted by Gasteiger charge is 2.47. The van der Waals surface area contributed by atoms with Crippen LogP contribution < -0.4 is 11.1 Å². The highest BCUT2D eigenvalue weighted by Crippen LogP contribution is 2.34. The Balaban J connectivity index is 2.10. The van der Waals surface area contributed by atoms with Gasteiger partial charge in [0.05, 0.1) is 12.1 Å². The molecule has 2 heterocycles. The summed E-state index contributed by atoms with van der Waals surface area (Å²) in [5, 5.41) is 3.46. The second-order valence-electron chi connectivity index (χ2n) is 5.59. The monoisotopic (exact) mass is 239 g/mol. The molecule has 2 atom stereocenters. The molecule has 0 aromatic heterocycles. The smallest absolute Gasteiger partial charge is 0.191 e. The predicted molar refractivity (Wildman–Crippen MR) is 71.1 cm³/mol. The molecule has 1 spiro atoms. The minimum Gasteiger partial charge on any atom is -0.370 e. The summed E-state index contributed by atoms with van der Waals surface area (Å²) in [5.41, 5.74) is 6.24. The maximum absolute atomic E-state index is 6.07. The summed E-state index contributed by atoms with van der Waals surface area (Å²) in [7, 11) is 4.20. The number of guanidine groups is 1. The van der Waals surface area contributed by atoms with Crippen molar-refractivity contribution in [3.05, 3.63) is 0 Å². The van der Waals surface area contributed by atoms with Gasteiger partial charge in [-0.3, -0.25) is 4.99 Å². The number of nitrogens with zero attached hydrogens (tertiary/aromatic N) is 3. The summed E-state index contributed by atoms with van der Waals surface area (Å²) >= 11 is 0. The first-order valence-corrected chi connectivity index (χ1v) is 6.49. The van der Waals surface area contributed by atoms with Gasteiger partial charge in [-0.25, -0.2) is 0 Å². The lowest BCUT2D eigenvalue weighted by Gasteiger charge is -2.47. The Morgan fingerprint density at radius 2 is 2.35 bits per heavy atom. The highest BCUT2D eigenvalue weighted by molar-refractivity contribution is 5.81. The Morgan fingerprint density at radius 1 is 1.59 bits per heavy atom. The van der Waals surface area contributed by atoms with E-state index in [1.807, 2.05) is 0 Å². The lowest BCUT2D eigenvalue weighted by molar-refractivity contribution is 0.0879. The van der Waals surface area contributed by atoms with Crippen molar-refractivity contribution in [2.75, 3.05) is 46.8 Å². The van der Waals surface area contributed by atoms with E-state index in [0.29, 0.717) is 5.92 Å². The van der Waals surface area contributed by atoms with Crippen molar-refractivity contribution in [3.63, 3.8) is 0 Å². The first-order chi connectivity index (χ1) is 8.06. The van der Waals surface area contributed by atoms with E-state index in [1.54, 1.807) is 0 Å². The summed E-state index contributed by atoms with van der Waals surface area (Å²) in [6, 6.07) is 0. The second-order valence-corrected chi connectivity index (χ2v) is 5.59. The maximum Gasteiger partial charge on any atom is 0.191 e. The fraction of sp³-hybridized carbons (Fsp3) is 0.917. The molecule has 0 radical (unpaired) electrons. The number of likely N-dealkylation sites (N-methyl/N-ethyl adjacent to an activating group) is 1. The fourth-order valence-corrected chi connectivity index (χ4v) is 2.95. The van der Waals surface area contributed by atoms with Crippen LogP contribution in [0.1, 0.15) is 13.3 Å². The molecule has 2 aliphatic rings. The number of piperidine rings is 1. The van der Waals surface area contributed by atoms with E-state index in [1.165, 1.54) is 0 Å². The van der Waals surface area contributed by atoms with Gasteiger partial charge in [-0.15, -0.1) is 0 Å². The zero-order chi connectivity index (χ0) is 12.5. The van der Waals surface area contributed by atoms with Crippen LogP contribution >= 0.6 is 0 Å². The number of rotatable bonds is 3. The number of nitrogens with one attached hydrogen (secondary N) is 1. The number of hydrogen-bond donors (Lipinski definition) is 2. The van der Waals surface area contributed by atoms with Gasteiger partial charge in [-0.1, -0.05) is 6.92 Å². The Kier molecular flexibility index (Phi) is 3.58. The molecule has 98 valence electrons. The zero-order valence-electron chi connectivity index (χ0n) is 11.2. The van der Waals surface area contributed by atoms with Gasteiger partial charge in [0.1, 0.15) is 0 Å². The summed E-state index contributed by atoms with van der Waals surface area (Å²) in [5.74, 6) is 1.34. The minimum absolute atomic E-state index is 0.172. The average Bonchev–Trinajstić information content (AvgIpc) is 2.59. The molecular formula is C12H25N5. The Labute approximate surface area is 104 Å². The molecule has 5 nitrogen and oxygen atoms in total. The Bertz CT molecular complexity index is 301. The number of nitrogens with two attached hydrogens (primary N) is 1. The fourth-order valence-electron chi connectivity index (χ4n) is 2.95. The Hall–Kier alpha value is -0.810. The lowest BCUT2D eigenvalue weighted by Crippen LogP contribution is -2.62. The van der Waals surface area contributed by atoms with Crippen molar-refractivity contribution in [3.8, 4) is 0 Å². The van der Waals surface area contributed by atoms with Crippen molar-refractivity contribution >= 4 is 5.96 Å². The second kappa shape index (κ2) is 4.82. The largest absolute Gasteiger partial charge is 0.370 e. The topological polar surface area (TPSA) is 56.9 Å². The zero-order valence-corrected chi connectivity index (χ0v) is 11.2. The molecule has 2 unspecified atom stereocenters. The van der Waals surface area contributed by atoms with E-state index in [4.69, 9.17) is 5.73 Å². The van der Waals surface area contributed by atoms with Crippen molar-refractivity contribution in [2.45, 2.75) is 18.9 Å². The van der Waals surface area contributed by atoms with Gasteiger partial charge in [0, 0.05) is 13.1 Å². The molecular weight excluding hydrogens is 214 g/mol. The molecule has 1 fully saturated rings. The van der Waals surface area contributed by atoms with E-state index in [2.05, 4.69) is 41.1 Å². The molecule has 0 aromatic carbocycles. The third-order valence-corrected chi connectivity index (χ3v) is 4.20. The SMILES string of the molecule is CC1CNCCC12CN=C(N)N2CCN(C)C. The highest BCUT2D eigenvalue weighted by atomic mass is 15.4. The van der Waals surface area contributed by atoms with Crippen LogP contribution in [-0.2, 0) is 0 Å². The molecule has 5 heteroatoms. The molecule has 3 N–H and O–H groups in total. The van der Waals surface area contributed by atoms with Crippen molar-refractivity contribution in [2.24, 2.45) is 16.6 Å². The molecule has 0 aliphatic carbocycles. The van der Waals surface area contributed by atoms with E-state index >= 15 is 0 Å². The molecule has 1 saturated heterocycles. The van der Waals surface area contributed by atoms with Crippen molar-refractivity contribution in [1.29, 1.82) is 0 Å². The van der Waals surface area contributed by atoms with Crippen LogP contribution in [0, 0.1) is 5.92 Å². The molecule has 0 saturated carbocycles. The van der Waals surface area contributed by atoms with Gasteiger partial charge >= 0.3 is 0 Å². The first kappa shape index (κ1) is 12.6. The quantitative estimate of drug-likeness (QED) is 0.700. The molecule has 17 heavy (non-hydrogen) atoms. The van der Waals surface area contributed by atoms with Gasteiger partial charge in [0.15, 0.2) is 5.96 Å². The summed E-state index contributed by atoms with van der Waals surface area (Å²) < 4.78 is 0. The average molecular weight is 239 g/mol. The summed E-state index contributed by atoms with van der Waals surface area (Å²) in [4.78, 5) is 9.04. The van der Waals surface area contributed by atoms with Gasteiger partial charge in [-0.2, -0.15) is 0 Å². The number of hydrogen-bond acceptors (Lipinski definition) is 5. The van der Waals surface area contributed by atoms with Crippen LogP contribution in [0.3, 0.4) is 0 Å². The van der Waals surface area contributed by atoms with E-state index in [9.17, 15) is 0 Å². The molecule has 2 rings (SSSR count). The molecule has 0 aromatic rings. The Morgan fingerprint density at radius 3 is 3.00 bits per heavy atom. The third-order valence-electron chi connectivity index (χ3n) is 4.20. The van der Waals surface area contributed by atoms with Gasteiger partial charge in [0.2, 0.25) is 0 Å². The van der Waals surface area contributed by atoms with E-state index in [-0.39, 0.29) is 5.54 Å². The van der Waals surface area contributed by atoms with Crippen LogP contribution in [0.25, 0.3) is 0 Å². The van der Waals surface area contributed by atoms with Gasteiger partial charge in [-0.05, 0) is 39.5 Å². The van der Waals surface area contributed by atoms with Crippen molar-refractivity contribution < 1.29 is 0 Å². The normalized spacial score (nSPS) is 33.5. The van der Waals surface area contributed by atoms with E-state index in [0.717, 1.165) is 45.1 Å². The van der Waals surface area contributed by atoms with Gasteiger partial charge < -0.3 is 20.9 Å². The van der Waals surface area contributed by atoms with Crippen LogP contribution in [-0.4, -0.2) is 68.1 Å². The van der Waals surface area contributed by atoms with Crippen molar-refractivity contribution in [1.82, 2.24) is 15.1 Å². The predicted octanol–water partition coefficient (Wildman–Crippen LogP) is -0.453. The van der Waals surface area contributed by atoms with Crippen LogP contribution in [0.5, 0.6) is 0 Å². The van der Waals surface area contributed by atoms with Gasteiger partial charge in [0.25, 0.3) is 0 Å².